The summed E-state index contributed by atoms with van der Waals surface area (Å²) in [5.41, 5.74) is 0.617. The predicted molar refractivity (Wildman–Crippen MR) is 53.7 cm³/mol. The molecule has 1 aromatic rings. The van der Waals surface area contributed by atoms with Gasteiger partial charge in [0, 0.05) is 7.11 Å². The largest absolute Gasteiger partial charge is 0.374 e. The molecule has 0 aromatic heterocycles. The van der Waals surface area contributed by atoms with E-state index in [0.717, 1.165) is 24.8 Å². The Morgan fingerprint density at radius 1 is 1.47 bits per heavy atom. The van der Waals surface area contributed by atoms with Crippen LogP contribution in [0.25, 0.3) is 0 Å². The van der Waals surface area contributed by atoms with Crippen LogP contribution in [0.3, 0.4) is 0 Å². The fraction of sp³-hybridized carbons (Fsp3) is 0.417. The normalized spacial score (nSPS) is 17.9. The summed E-state index contributed by atoms with van der Waals surface area (Å²) < 4.78 is 18.8. The molecule has 1 fully saturated rings. The van der Waals surface area contributed by atoms with E-state index < -0.39 is 5.82 Å². The molecule has 0 amide bonds. The van der Waals surface area contributed by atoms with Crippen LogP contribution < -0.4 is 0 Å². The van der Waals surface area contributed by atoms with Gasteiger partial charge < -0.3 is 4.74 Å². The molecule has 1 aliphatic carbocycles. The molecule has 15 heavy (non-hydrogen) atoms. The van der Waals surface area contributed by atoms with Gasteiger partial charge in [-0.2, -0.15) is 5.26 Å². The van der Waals surface area contributed by atoms with E-state index in [0.29, 0.717) is 0 Å². The second kappa shape index (κ2) is 3.63. The average molecular weight is 205 g/mol. The summed E-state index contributed by atoms with van der Waals surface area (Å²) in [6, 6.07) is 6.53. The highest BCUT2D eigenvalue weighted by atomic mass is 19.1. The van der Waals surface area contributed by atoms with Gasteiger partial charge >= 0.3 is 0 Å². The van der Waals surface area contributed by atoms with Crippen LogP contribution >= 0.6 is 0 Å². The molecule has 0 saturated heterocycles. The molecule has 0 atom stereocenters. The van der Waals surface area contributed by atoms with Gasteiger partial charge in [0.15, 0.2) is 0 Å². The fourth-order valence-electron chi connectivity index (χ4n) is 2.00. The molecular formula is C12H12FNO. The highest BCUT2D eigenvalue weighted by molar-refractivity contribution is 5.36. The van der Waals surface area contributed by atoms with E-state index in [9.17, 15) is 4.39 Å². The maximum absolute atomic E-state index is 13.4. The lowest BCUT2D eigenvalue weighted by Crippen LogP contribution is -2.36. The van der Waals surface area contributed by atoms with E-state index in [1.165, 1.54) is 12.1 Å². The van der Waals surface area contributed by atoms with Crippen LogP contribution in [0.2, 0.25) is 0 Å². The Morgan fingerprint density at radius 2 is 2.20 bits per heavy atom. The average Bonchev–Trinajstić information content (AvgIpc) is 2.17. The van der Waals surface area contributed by atoms with Crippen LogP contribution in [0.1, 0.15) is 30.4 Å². The molecule has 0 bridgehead atoms. The second-order valence-corrected chi connectivity index (χ2v) is 3.86. The molecule has 1 aliphatic rings. The van der Waals surface area contributed by atoms with Crippen molar-refractivity contribution in [1.82, 2.24) is 0 Å². The third kappa shape index (κ3) is 1.51. The van der Waals surface area contributed by atoms with Gasteiger partial charge in [0.05, 0.1) is 11.2 Å². The number of nitriles is 1. The van der Waals surface area contributed by atoms with Crippen molar-refractivity contribution >= 4 is 0 Å². The van der Waals surface area contributed by atoms with E-state index in [2.05, 4.69) is 0 Å². The Hall–Kier alpha value is -1.40. The number of rotatable bonds is 2. The zero-order valence-corrected chi connectivity index (χ0v) is 8.59. The third-order valence-corrected chi connectivity index (χ3v) is 3.17. The summed E-state index contributed by atoms with van der Waals surface area (Å²) >= 11 is 0. The van der Waals surface area contributed by atoms with Crippen LogP contribution in [-0.2, 0) is 10.3 Å². The third-order valence-electron chi connectivity index (χ3n) is 3.17. The Labute approximate surface area is 88.3 Å². The lowest BCUT2D eigenvalue weighted by molar-refractivity contribution is -0.0780. The Kier molecular flexibility index (Phi) is 2.45. The van der Waals surface area contributed by atoms with E-state index in [-0.39, 0.29) is 11.2 Å². The number of methoxy groups -OCH3 is 1. The minimum absolute atomic E-state index is 0.0873. The van der Waals surface area contributed by atoms with Crippen LogP contribution in [-0.4, -0.2) is 7.11 Å². The van der Waals surface area contributed by atoms with Crippen molar-refractivity contribution in [1.29, 1.82) is 5.26 Å². The minimum Gasteiger partial charge on any atom is -0.374 e. The van der Waals surface area contributed by atoms with Crippen LogP contribution in [0.4, 0.5) is 4.39 Å². The monoisotopic (exact) mass is 205 g/mol. The summed E-state index contributed by atoms with van der Waals surface area (Å²) in [7, 11) is 1.65. The molecule has 0 unspecified atom stereocenters. The summed E-state index contributed by atoms with van der Waals surface area (Å²) in [6.07, 6.45) is 2.96. The highest BCUT2D eigenvalue weighted by Gasteiger charge is 2.39. The molecule has 2 nitrogen and oxygen atoms in total. The van der Waals surface area contributed by atoms with Gasteiger partial charge in [0.2, 0.25) is 0 Å². The van der Waals surface area contributed by atoms with Crippen LogP contribution in [0.5, 0.6) is 0 Å². The number of ether oxygens (including phenoxy) is 1. The van der Waals surface area contributed by atoms with Gasteiger partial charge in [-0.1, -0.05) is 6.07 Å². The number of nitrogens with zero attached hydrogens (tertiary/aromatic N) is 1. The van der Waals surface area contributed by atoms with Crippen molar-refractivity contribution in [2.45, 2.75) is 24.9 Å². The van der Waals surface area contributed by atoms with Crippen molar-refractivity contribution in [3.05, 3.63) is 35.1 Å². The Bertz CT molecular complexity index is 413. The molecule has 0 radical (unpaired) electrons. The van der Waals surface area contributed by atoms with E-state index >= 15 is 0 Å². The smallest absolute Gasteiger partial charge is 0.141 e. The first-order chi connectivity index (χ1) is 7.22. The first-order valence-corrected chi connectivity index (χ1v) is 4.97. The van der Waals surface area contributed by atoms with Crippen molar-refractivity contribution in [2.75, 3.05) is 7.11 Å². The molecule has 0 aliphatic heterocycles. The van der Waals surface area contributed by atoms with Crippen LogP contribution in [0.15, 0.2) is 18.2 Å². The molecule has 78 valence electrons. The standard InChI is InChI=1S/C12H12FNO/c1-15-12(5-2-6-12)10-4-3-9(8-14)11(13)7-10/h3-4,7H,2,5-6H2,1H3. The zero-order chi connectivity index (χ0) is 10.9. The lowest BCUT2D eigenvalue weighted by Gasteiger charge is -2.41. The summed E-state index contributed by atoms with van der Waals surface area (Å²) in [4.78, 5) is 0. The van der Waals surface area contributed by atoms with Crippen molar-refractivity contribution in [3.63, 3.8) is 0 Å². The van der Waals surface area contributed by atoms with Crippen molar-refractivity contribution < 1.29 is 9.13 Å². The molecule has 1 saturated carbocycles. The SMILES string of the molecule is COC1(c2ccc(C#N)c(F)c2)CCC1. The van der Waals surface area contributed by atoms with Gasteiger partial charge in [-0.25, -0.2) is 4.39 Å². The molecule has 1 aromatic carbocycles. The van der Waals surface area contributed by atoms with E-state index in [4.69, 9.17) is 10.00 Å². The zero-order valence-electron chi connectivity index (χ0n) is 8.59. The molecule has 0 heterocycles. The number of hydrogen-bond acceptors (Lipinski definition) is 2. The fourth-order valence-corrected chi connectivity index (χ4v) is 2.00. The second-order valence-electron chi connectivity index (χ2n) is 3.86. The first-order valence-electron chi connectivity index (χ1n) is 4.97. The topological polar surface area (TPSA) is 33.0 Å². The van der Waals surface area contributed by atoms with E-state index in [1.54, 1.807) is 13.2 Å². The molecular weight excluding hydrogens is 193 g/mol. The summed E-state index contributed by atoms with van der Waals surface area (Å²) in [6.45, 7) is 0. The summed E-state index contributed by atoms with van der Waals surface area (Å²) in [5, 5.41) is 8.62. The number of benzene rings is 1. The van der Waals surface area contributed by atoms with Crippen LogP contribution in [0, 0.1) is 17.1 Å². The van der Waals surface area contributed by atoms with Gasteiger partial charge in [-0.05, 0) is 37.0 Å². The summed E-state index contributed by atoms with van der Waals surface area (Å²) in [5.74, 6) is -0.460. The Morgan fingerprint density at radius 3 is 2.60 bits per heavy atom. The van der Waals surface area contributed by atoms with Crippen molar-refractivity contribution in [2.24, 2.45) is 0 Å². The van der Waals surface area contributed by atoms with Gasteiger partial charge in [-0.3, -0.25) is 0 Å². The predicted octanol–water partition coefficient (Wildman–Crippen LogP) is 2.72. The Balaban J connectivity index is 2.38. The van der Waals surface area contributed by atoms with Crippen molar-refractivity contribution in [3.8, 4) is 6.07 Å². The number of halogens is 1. The molecule has 3 heteroatoms. The van der Waals surface area contributed by atoms with E-state index in [1.807, 2.05) is 6.07 Å². The molecule has 0 spiro atoms. The maximum Gasteiger partial charge on any atom is 0.141 e. The van der Waals surface area contributed by atoms with Gasteiger partial charge in [-0.15, -0.1) is 0 Å². The van der Waals surface area contributed by atoms with Gasteiger partial charge in [0.25, 0.3) is 0 Å². The lowest BCUT2D eigenvalue weighted by atomic mass is 9.74. The molecule has 2 rings (SSSR count). The number of hydrogen-bond donors (Lipinski definition) is 0. The van der Waals surface area contributed by atoms with Gasteiger partial charge in [0.1, 0.15) is 11.9 Å². The maximum atomic E-state index is 13.4. The first kappa shape index (κ1) is 10.1. The highest BCUT2D eigenvalue weighted by Crippen LogP contribution is 2.44. The quantitative estimate of drug-likeness (QED) is 0.743. The molecule has 0 N–H and O–H groups in total. The minimum atomic E-state index is -0.460.